The first-order valence-corrected chi connectivity index (χ1v) is 16.3. The van der Waals surface area contributed by atoms with Crippen LogP contribution in [0.1, 0.15) is 107 Å². The second kappa shape index (κ2) is 15.5. The minimum atomic E-state index is -0.312. The van der Waals surface area contributed by atoms with Crippen molar-refractivity contribution in [2.45, 2.75) is 92.0 Å². The Bertz CT molecular complexity index is 1360. The Hall–Kier alpha value is -3.43. The van der Waals surface area contributed by atoms with Gasteiger partial charge in [-0.2, -0.15) is 0 Å². The molecule has 3 N–H and O–H groups in total. The molecule has 0 unspecified atom stereocenters. The fourth-order valence-corrected chi connectivity index (χ4v) is 6.02. The van der Waals surface area contributed by atoms with Crippen molar-refractivity contribution in [3.8, 4) is 28.6 Å². The summed E-state index contributed by atoms with van der Waals surface area (Å²) in [5, 5.41) is 33.0. The van der Waals surface area contributed by atoms with Gasteiger partial charge in [0.2, 0.25) is 5.82 Å². The Morgan fingerprint density at radius 3 is 2.36 bits per heavy atom. The zero-order chi connectivity index (χ0) is 31.7. The maximum Gasteiger partial charge on any atom is 0.289 e. The van der Waals surface area contributed by atoms with Gasteiger partial charge in [0, 0.05) is 37.9 Å². The molecule has 0 atom stereocenters. The van der Waals surface area contributed by atoms with E-state index in [0.29, 0.717) is 34.6 Å². The Labute approximate surface area is 262 Å². The van der Waals surface area contributed by atoms with Crippen LogP contribution in [0.4, 0.5) is 0 Å². The molecule has 240 valence electrons. The Morgan fingerprint density at radius 1 is 0.977 bits per heavy atom. The maximum absolute atomic E-state index is 13.5. The number of rotatable bonds is 15. The number of amides is 1. The summed E-state index contributed by atoms with van der Waals surface area (Å²) < 4.78 is 7.17. The van der Waals surface area contributed by atoms with E-state index in [9.17, 15) is 15.0 Å². The van der Waals surface area contributed by atoms with Crippen LogP contribution in [0.15, 0.2) is 36.4 Å². The summed E-state index contributed by atoms with van der Waals surface area (Å²) in [4.78, 5) is 15.8. The van der Waals surface area contributed by atoms with Gasteiger partial charge in [0.1, 0.15) is 11.5 Å². The molecule has 1 amide bonds. The number of nitrogens with zero attached hydrogens (tertiary/aromatic N) is 4. The van der Waals surface area contributed by atoms with Crippen molar-refractivity contribution in [1.82, 2.24) is 25.0 Å². The smallest absolute Gasteiger partial charge is 0.289 e. The molecule has 0 radical (unpaired) electrons. The lowest BCUT2D eigenvalue weighted by Gasteiger charge is -2.26. The summed E-state index contributed by atoms with van der Waals surface area (Å²) in [7, 11) is 0. The molecule has 9 nitrogen and oxygen atoms in total. The van der Waals surface area contributed by atoms with Crippen molar-refractivity contribution in [3.05, 3.63) is 53.3 Å². The number of aromatic hydroxyl groups is 2. The van der Waals surface area contributed by atoms with Gasteiger partial charge in [-0.1, -0.05) is 72.4 Å². The van der Waals surface area contributed by atoms with Gasteiger partial charge in [0.25, 0.3) is 5.91 Å². The van der Waals surface area contributed by atoms with E-state index in [1.165, 1.54) is 31.7 Å². The molecule has 44 heavy (non-hydrogen) atoms. The number of carbonyl (C=O) groups excluding carboxylic acids is 1. The van der Waals surface area contributed by atoms with Gasteiger partial charge in [0.05, 0.1) is 18.8 Å². The van der Waals surface area contributed by atoms with Crippen LogP contribution in [-0.4, -0.2) is 68.6 Å². The number of aromatic nitrogens is 3. The van der Waals surface area contributed by atoms with Crippen LogP contribution >= 0.6 is 0 Å². The molecule has 1 saturated heterocycles. The van der Waals surface area contributed by atoms with Crippen molar-refractivity contribution >= 4 is 5.91 Å². The third kappa shape index (κ3) is 8.82. The highest BCUT2D eigenvalue weighted by atomic mass is 16.5. The summed E-state index contributed by atoms with van der Waals surface area (Å²) in [6.45, 7) is 15.5. The third-order valence-corrected chi connectivity index (χ3v) is 8.57. The first-order chi connectivity index (χ1) is 21.1. The zero-order valence-corrected chi connectivity index (χ0v) is 27.2. The average molecular weight is 606 g/mol. The first kappa shape index (κ1) is 33.5. The van der Waals surface area contributed by atoms with Crippen molar-refractivity contribution in [3.63, 3.8) is 0 Å². The van der Waals surface area contributed by atoms with E-state index in [-0.39, 0.29) is 29.1 Å². The number of nitrogens with one attached hydrogen (secondary N) is 1. The van der Waals surface area contributed by atoms with E-state index in [1.54, 1.807) is 10.6 Å². The quantitative estimate of drug-likeness (QED) is 0.163. The molecule has 9 heteroatoms. The van der Waals surface area contributed by atoms with Gasteiger partial charge in [-0.25, -0.2) is 0 Å². The summed E-state index contributed by atoms with van der Waals surface area (Å²) in [5.74, 6) is 0.0921. The highest BCUT2D eigenvalue weighted by molar-refractivity contribution is 5.92. The van der Waals surface area contributed by atoms with Gasteiger partial charge >= 0.3 is 0 Å². The van der Waals surface area contributed by atoms with Gasteiger partial charge < -0.3 is 20.3 Å². The van der Waals surface area contributed by atoms with E-state index in [2.05, 4.69) is 41.2 Å². The van der Waals surface area contributed by atoms with E-state index in [1.807, 2.05) is 38.1 Å². The number of benzene rings is 2. The number of ether oxygens (including phenoxy) is 1. The standard InChI is InChI=1S/C35H51N5O4/c1-6-15-35(4,5)16-9-7-8-10-17-36-34(43)33-38-37-32(29-22-28(25(2)3)30(41)23-31(29)42)40(33)27-13-11-26(12-14-27)24-39-18-20-44-21-19-39/h11-14,22-23,25,41-42H,6-10,15-21,24H2,1-5H3,(H,36,43). The lowest BCUT2D eigenvalue weighted by atomic mass is 9.83. The molecule has 3 aromatic rings. The average Bonchev–Trinajstić information content (AvgIpc) is 3.42. The van der Waals surface area contributed by atoms with Crippen LogP contribution in [0.5, 0.6) is 11.5 Å². The molecular weight excluding hydrogens is 554 g/mol. The summed E-state index contributed by atoms with van der Waals surface area (Å²) in [6, 6.07) is 11.1. The van der Waals surface area contributed by atoms with Crippen molar-refractivity contribution in [2.75, 3.05) is 32.8 Å². The van der Waals surface area contributed by atoms with Crippen molar-refractivity contribution in [2.24, 2.45) is 5.41 Å². The fraction of sp³-hybridized carbons (Fsp3) is 0.571. The molecular formula is C35H51N5O4. The number of hydrogen-bond acceptors (Lipinski definition) is 7. The molecule has 0 aliphatic carbocycles. The molecule has 0 bridgehead atoms. The van der Waals surface area contributed by atoms with Gasteiger partial charge in [-0.3, -0.25) is 14.3 Å². The van der Waals surface area contributed by atoms with Crippen LogP contribution in [0.2, 0.25) is 0 Å². The second-order valence-electron chi connectivity index (χ2n) is 13.2. The van der Waals surface area contributed by atoms with Crippen LogP contribution in [-0.2, 0) is 11.3 Å². The van der Waals surface area contributed by atoms with E-state index >= 15 is 0 Å². The SMILES string of the molecule is CCCC(C)(C)CCCCCCNC(=O)c1nnc(-c2cc(C(C)C)c(O)cc2O)n1-c1ccc(CN2CCOCC2)cc1. The molecule has 1 fully saturated rings. The molecule has 0 saturated carbocycles. The normalized spacial score (nSPS) is 14.3. The number of carbonyl (C=O) groups is 1. The Morgan fingerprint density at radius 2 is 1.68 bits per heavy atom. The summed E-state index contributed by atoms with van der Waals surface area (Å²) >= 11 is 0. The minimum absolute atomic E-state index is 0.0191. The second-order valence-corrected chi connectivity index (χ2v) is 13.2. The first-order valence-electron chi connectivity index (χ1n) is 16.3. The number of phenols is 2. The Balaban J connectivity index is 1.52. The lowest BCUT2D eigenvalue weighted by Crippen LogP contribution is -2.35. The van der Waals surface area contributed by atoms with Crippen LogP contribution in [0.25, 0.3) is 17.1 Å². The minimum Gasteiger partial charge on any atom is -0.508 e. The summed E-state index contributed by atoms with van der Waals surface area (Å²) in [6.07, 6.45) is 8.01. The molecule has 4 rings (SSSR count). The highest BCUT2D eigenvalue weighted by Gasteiger charge is 2.24. The predicted octanol–water partition coefficient (Wildman–Crippen LogP) is 6.81. The van der Waals surface area contributed by atoms with Crippen LogP contribution < -0.4 is 5.32 Å². The van der Waals surface area contributed by atoms with Gasteiger partial charge in [-0.15, -0.1) is 10.2 Å². The van der Waals surface area contributed by atoms with E-state index < -0.39 is 0 Å². The summed E-state index contributed by atoms with van der Waals surface area (Å²) in [5.41, 5.74) is 3.35. The Kier molecular flexibility index (Phi) is 11.8. The topological polar surface area (TPSA) is 113 Å². The molecule has 1 aliphatic rings. The molecule has 0 spiro atoms. The number of morpholine rings is 1. The van der Waals surface area contributed by atoms with Gasteiger partial charge in [0.15, 0.2) is 5.82 Å². The fourth-order valence-electron chi connectivity index (χ4n) is 6.02. The van der Waals surface area contributed by atoms with E-state index in [4.69, 9.17) is 4.74 Å². The molecule has 1 aliphatic heterocycles. The maximum atomic E-state index is 13.5. The number of phenolic OH excluding ortho intramolecular Hbond substituents is 2. The third-order valence-electron chi connectivity index (χ3n) is 8.57. The van der Waals surface area contributed by atoms with Crippen LogP contribution in [0.3, 0.4) is 0 Å². The molecule has 2 aromatic carbocycles. The van der Waals surface area contributed by atoms with E-state index in [0.717, 1.165) is 57.7 Å². The van der Waals surface area contributed by atoms with Crippen molar-refractivity contribution < 1.29 is 19.7 Å². The zero-order valence-electron chi connectivity index (χ0n) is 27.2. The predicted molar refractivity (Wildman–Crippen MR) is 174 cm³/mol. The van der Waals surface area contributed by atoms with Crippen molar-refractivity contribution in [1.29, 1.82) is 0 Å². The number of unbranched alkanes of at least 4 members (excludes halogenated alkanes) is 3. The number of hydrogen-bond donors (Lipinski definition) is 3. The van der Waals surface area contributed by atoms with Crippen LogP contribution in [0, 0.1) is 5.41 Å². The molecule has 2 heterocycles. The molecule has 1 aromatic heterocycles. The lowest BCUT2D eigenvalue weighted by molar-refractivity contribution is 0.0342. The monoisotopic (exact) mass is 605 g/mol. The largest absolute Gasteiger partial charge is 0.508 e. The van der Waals surface area contributed by atoms with Gasteiger partial charge in [-0.05, 0) is 59.9 Å². The highest BCUT2D eigenvalue weighted by Crippen LogP contribution is 2.38.